The SMILES string of the molecule is CC1CCC2CCC[C@@H](C(C)C(O)C3CCC3)C2CO1. The van der Waals surface area contributed by atoms with Gasteiger partial charge < -0.3 is 9.84 Å². The van der Waals surface area contributed by atoms with E-state index in [4.69, 9.17) is 4.74 Å². The van der Waals surface area contributed by atoms with E-state index in [-0.39, 0.29) is 6.10 Å². The highest BCUT2D eigenvalue weighted by atomic mass is 16.5. The van der Waals surface area contributed by atoms with E-state index in [0.717, 1.165) is 12.5 Å². The summed E-state index contributed by atoms with van der Waals surface area (Å²) in [6, 6.07) is 0. The topological polar surface area (TPSA) is 29.5 Å². The minimum atomic E-state index is -0.0619. The summed E-state index contributed by atoms with van der Waals surface area (Å²) in [5.74, 6) is 3.31. The van der Waals surface area contributed by atoms with Crippen molar-refractivity contribution >= 4 is 0 Å². The molecule has 6 atom stereocenters. The maximum Gasteiger partial charge on any atom is 0.0596 e. The molecule has 0 spiro atoms. The second-order valence-corrected chi connectivity index (χ2v) is 7.78. The minimum Gasteiger partial charge on any atom is -0.393 e. The van der Waals surface area contributed by atoms with Crippen LogP contribution in [0.5, 0.6) is 0 Å². The van der Waals surface area contributed by atoms with Crippen molar-refractivity contribution in [1.29, 1.82) is 0 Å². The second-order valence-electron chi connectivity index (χ2n) is 7.78. The third-order valence-electron chi connectivity index (χ3n) is 6.63. The molecule has 1 N–H and O–H groups in total. The highest BCUT2D eigenvalue weighted by Gasteiger charge is 2.42. The monoisotopic (exact) mass is 280 g/mol. The van der Waals surface area contributed by atoms with Crippen LogP contribution in [0, 0.1) is 29.6 Å². The minimum absolute atomic E-state index is 0.0619. The molecule has 0 aromatic carbocycles. The van der Waals surface area contributed by atoms with Crippen LogP contribution in [0.15, 0.2) is 0 Å². The Morgan fingerprint density at radius 2 is 1.75 bits per heavy atom. The Kier molecular flexibility index (Phi) is 4.72. The third-order valence-corrected chi connectivity index (χ3v) is 6.63. The molecule has 0 aromatic rings. The van der Waals surface area contributed by atoms with Gasteiger partial charge >= 0.3 is 0 Å². The molecule has 2 saturated carbocycles. The van der Waals surface area contributed by atoms with Gasteiger partial charge in [-0.15, -0.1) is 0 Å². The number of hydrogen-bond donors (Lipinski definition) is 1. The van der Waals surface area contributed by atoms with Crippen molar-refractivity contribution in [2.45, 2.75) is 77.4 Å². The van der Waals surface area contributed by atoms with E-state index in [0.29, 0.717) is 29.8 Å². The predicted octanol–water partition coefficient (Wildman–Crippen LogP) is 4.01. The van der Waals surface area contributed by atoms with Crippen molar-refractivity contribution in [3.05, 3.63) is 0 Å². The molecule has 3 fully saturated rings. The summed E-state index contributed by atoms with van der Waals surface area (Å²) in [6.45, 7) is 5.47. The molecule has 0 bridgehead atoms. The summed E-state index contributed by atoms with van der Waals surface area (Å²) in [5.41, 5.74) is 0. The molecule has 1 heterocycles. The lowest BCUT2D eigenvalue weighted by Crippen LogP contribution is -2.42. The van der Waals surface area contributed by atoms with Crippen LogP contribution in [0.3, 0.4) is 0 Å². The van der Waals surface area contributed by atoms with Crippen molar-refractivity contribution in [3.8, 4) is 0 Å². The summed E-state index contributed by atoms with van der Waals surface area (Å²) in [6.07, 6.45) is 10.8. The molecule has 0 amide bonds. The molecule has 20 heavy (non-hydrogen) atoms. The van der Waals surface area contributed by atoms with Crippen LogP contribution < -0.4 is 0 Å². The van der Waals surface area contributed by atoms with Crippen LogP contribution in [0.2, 0.25) is 0 Å². The first-order chi connectivity index (χ1) is 9.66. The van der Waals surface area contributed by atoms with Gasteiger partial charge in [0, 0.05) is 0 Å². The number of aliphatic hydroxyl groups is 1. The van der Waals surface area contributed by atoms with E-state index in [2.05, 4.69) is 13.8 Å². The lowest BCUT2D eigenvalue weighted by atomic mass is 9.63. The van der Waals surface area contributed by atoms with Gasteiger partial charge in [0.1, 0.15) is 0 Å². The van der Waals surface area contributed by atoms with Gasteiger partial charge in [0.05, 0.1) is 18.8 Å². The fourth-order valence-electron chi connectivity index (χ4n) is 4.94. The van der Waals surface area contributed by atoms with E-state index < -0.39 is 0 Å². The first-order valence-corrected chi connectivity index (χ1v) is 8.96. The molecule has 1 saturated heterocycles. The molecule has 2 aliphatic carbocycles. The molecule has 5 unspecified atom stereocenters. The average molecular weight is 280 g/mol. The average Bonchev–Trinajstić information content (AvgIpc) is 2.58. The zero-order valence-electron chi connectivity index (χ0n) is 13.3. The van der Waals surface area contributed by atoms with Crippen molar-refractivity contribution in [2.75, 3.05) is 6.61 Å². The number of aliphatic hydroxyl groups excluding tert-OH is 1. The molecule has 2 heteroatoms. The summed E-state index contributed by atoms with van der Waals surface area (Å²) >= 11 is 0. The summed E-state index contributed by atoms with van der Waals surface area (Å²) < 4.78 is 6.05. The van der Waals surface area contributed by atoms with Gasteiger partial charge in [0.15, 0.2) is 0 Å². The fraction of sp³-hybridized carbons (Fsp3) is 1.00. The largest absolute Gasteiger partial charge is 0.393 e. The Hall–Kier alpha value is -0.0800. The molecule has 0 radical (unpaired) electrons. The van der Waals surface area contributed by atoms with Crippen molar-refractivity contribution in [3.63, 3.8) is 0 Å². The second kappa shape index (κ2) is 6.36. The zero-order valence-corrected chi connectivity index (χ0v) is 13.3. The van der Waals surface area contributed by atoms with E-state index >= 15 is 0 Å². The standard InChI is InChI=1S/C18H32O2/c1-12-9-10-14-5-4-8-16(17(14)11-20-12)13(2)18(19)15-6-3-7-15/h12-19H,3-11H2,1-2H3/t12?,13?,14?,16-,17?,18?/m0/s1. The van der Waals surface area contributed by atoms with Crippen molar-refractivity contribution in [1.82, 2.24) is 0 Å². The smallest absolute Gasteiger partial charge is 0.0596 e. The molecule has 3 rings (SSSR count). The van der Waals surface area contributed by atoms with Gasteiger partial charge in [0.2, 0.25) is 0 Å². The van der Waals surface area contributed by atoms with E-state index in [1.54, 1.807) is 0 Å². The van der Waals surface area contributed by atoms with Crippen molar-refractivity contribution < 1.29 is 9.84 Å². The molecule has 2 nitrogen and oxygen atoms in total. The first kappa shape index (κ1) is 14.8. The van der Waals surface area contributed by atoms with Crippen LogP contribution in [0.1, 0.15) is 65.2 Å². The normalized spacial score (nSPS) is 42.1. The molecular weight excluding hydrogens is 248 g/mol. The summed E-state index contributed by atoms with van der Waals surface area (Å²) in [5, 5.41) is 10.7. The van der Waals surface area contributed by atoms with Crippen molar-refractivity contribution in [2.24, 2.45) is 29.6 Å². The summed E-state index contributed by atoms with van der Waals surface area (Å²) in [7, 11) is 0. The Morgan fingerprint density at radius 1 is 1.00 bits per heavy atom. The molecule has 1 aliphatic heterocycles. The first-order valence-electron chi connectivity index (χ1n) is 8.96. The molecule has 3 aliphatic rings. The zero-order chi connectivity index (χ0) is 14.1. The van der Waals surface area contributed by atoms with Gasteiger partial charge in [-0.3, -0.25) is 0 Å². The third kappa shape index (κ3) is 2.92. The van der Waals surface area contributed by atoms with Crippen LogP contribution in [-0.2, 0) is 4.74 Å². The van der Waals surface area contributed by atoms with Crippen LogP contribution in [0.25, 0.3) is 0 Å². The van der Waals surface area contributed by atoms with Crippen LogP contribution in [0.4, 0.5) is 0 Å². The predicted molar refractivity (Wildman–Crippen MR) is 81.5 cm³/mol. The Bertz CT molecular complexity index is 313. The van der Waals surface area contributed by atoms with Gasteiger partial charge in [0.25, 0.3) is 0 Å². The highest BCUT2D eigenvalue weighted by molar-refractivity contribution is 4.91. The van der Waals surface area contributed by atoms with E-state index in [1.807, 2.05) is 0 Å². The highest BCUT2D eigenvalue weighted by Crippen LogP contribution is 2.46. The molecular formula is C18H32O2. The van der Waals surface area contributed by atoms with Crippen LogP contribution >= 0.6 is 0 Å². The number of ether oxygens (including phenoxy) is 1. The lowest BCUT2D eigenvalue weighted by Gasteiger charge is -2.44. The van der Waals surface area contributed by atoms with Crippen LogP contribution in [-0.4, -0.2) is 23.9 Å². The Balaban J connectivity index is 1.67. The van der Waals surface area contributed by atoms with Gasteiger partial charge in [-0.2, -0.15) is 0 Å². The number of rotatable bonds is 3. The maximum absolute atomic E-state index is 10.7. The van der Waals surface area contributed by atoms with E-state index in [9.17, 15) is 5.11 Å². The van der Waals surface area contributed by atoms with Gasteiger partial charge in [-0.25, -0.2) is 0 Å². The van der Waals surface area contributed by atoms with Gasteiger partial charge in [-0.1, -0.05) is 26.2 Å². The summed E-state index contributed by atoms with van der Waals surface area (Å²) in [4.78, 5) is 0. The molecule has 0 aromatic heterocycles. The van der Waals surface area contributed by atoms with Gasteiger partial charge in [-0.05, 0) is 68.6 Å². The van der Waals surface area contributed by atoms with E-state index in [1.165, 1.54) is 51.4 Å². The fourth-order valence-corrected chi connectivity index (χ4v) is 4.94. The molecule has 116 valence electrons. The number of fused-ring (bicyclic) bond motifs is 1. The quantitative estimate of drug-likeness (QED) is 0.846. The maximum atomic E-state index is 10.7. The lowest BCUT2D eigenvalue weighted by molar-refractivity contribution is -0.0491. The Labute approximate surface area is 124 Å². The number of hydrogen-bond acceptors (Lipinski definition) is 2. The Morgan fingerprint density at radius 3 is 2.45 bits per heavy atom.